The molecule has 76 valence electrons. The Labute approximate surface area is 89.9 Å². The summed E-state index contributed by atoms with van der Waals surface area (Å²) in [6.07, 6.45) is 6.34. The average molecular weight is 210 g/mol. The lowest BCUT2D eigenvalue weighted by molar-refractivity contribution is 0.441. The van der Waals surface area contributed by atoms with E-state index in [0.29, 0.717) is 10.8 Å². The van der Waals surface area contributed by atoms with E-state index >= 15 is 0 Å². The topological polar surface area (TPSA) is 0 Å². The quantitative estimate of drug-likeness (QED) is 0.661. The summed E-state index contributed by atoms with van der Waals surface area (Å²) in [5.74, 6) is 0.392. The summed E-state index contributed by atoms with van der Waals surface area (Å²) in [7, 11) is 0. The zero-order valence-corrected chi connectivity index (χ0v) is 9.06. The van der Waals surface area contributed by atoms with Crippen LogP contribution >= 0.6 is 12.6 Å². The van der Waals surface area contributed by atoms with Crippen LogP contribution in [0.1, 0.15) is 43.6 Å². The molecular formula is C12H15FS. The van der Waals surface area contributed by atoms with Crippen LogP contribution in [0.25, 0.3) is 0 Å². The van der Waals surface area contributed by atoms with Gasteiger partial charge >= 0.3 is 0 Å². The second-order valence-electron chi connectivity index (χ2n) is 4.05. The van der Waals surface area contributed by atoms with Crippen molar-refractivity contribution >= 4 is 12.6 Å². The molecule has 0 saturated heterocycles. The third kappa shape index (κ3) is 2.11. The molecule has 0 aliphatic heterocycles. The number of hydrogen-bond acceptors (Lipinski definition) is 1. The first-order valence-electron chi connectivity index (χ1n) is 5.26. The van der Waals surface area contributed by atoms with Crippen LogP contribution in [0.15, 0.2) is 23.1 Å². The largest absolute Gasteiger partial charge is 0.206 e. The smallest absolute Gasteiger partial charge is 0.136 e. The molecule has 1 aromatic carbocycles. The summed E-state index contributed by atoms with van der Waals surface area (Å²) in [5.41, 5.74) is 1.15. The van der Waals surface area contributed by atoms with Gasteiger partial charge in [0, 0.05) is 4.90 Å². The third-order valence-corrected chi connectivity index (χ3v) is 3.41. The highest BCUT2D eigenvalue weighted by Crippen LogP contribution is 2.33. The minimum absolute atomic E-state index is 0.184. The maximum atomic E-state index is 13.3. The van der Waals surface area contributed by atoms with Crippen molar-refractivity contribution in [3.63, 3.8) is 0 Å². The fraction of sp³-hybridized carbons (Fsp3) is 0.500. The Kier molecular flexibility index (Phi) is 3.12. The second kappa shape index (κ2) is 4.35. The number of hydrogen-bond donors (Lipinski definition) is 1. The summed E-state index contributed by atoms with van der Waals surface area (Å²) in [6.45, 7) is 0. The van der Waals surface area contributed by atoms with Crippen LogP contribution in [0.2, 0.25) is 0 Å². The first-order valence-corrected chi connectivity index (χ1v) is 5.70. The second-order valence-corrected chi connectivity index (χ2v) is 4.53. The van der Waals surface area contributed by atoms with E-state index in [0.717, 1.165) is 5.56 Å². The van der Waals surface area contributed by atoms with Crippen molar-refractivity contribution < 1.29 is 4.39 Å². The van der Waals surface area contributed by atoms with E-state index < -0.39 is 0 Å². The van der Waals surface area contributed by atoms with Crippen LogP contribution in [0.3, 0.4) is 0 Å². The molecule has 1 fully saturated rings. The van der Waals surface area contributed by atoms with Crippen LogP contribution in [-0.4, -0.2) is 0 Å². The molecule has 0 unspecified atom stereocenters. The summed E-state index contributed by atoms with van der Waals surface area (Å²) >= 11 is 4.03. The van der Waals surface area contributed by atoms with Gasteiger partial charge in [0.2, 0.25) is 0 Å². The maximum absolute atomic E-state index is 13.3. The highest BCUT2D eigenvalue weighted by Gasteiger charge is 2.16. The molecule has 2 heteroatoms. The molecule has 0 heterocycles. The van der Waals surface area contributed by atoms with Gasteiger partial charge in [0.25, 0.3) is 0 Å². The Balaban J connectivity index is 2.18. The molecule has 1 saturated carbocycles. The Morgan fingerprint density at radius 2 is 1.86 bits per heavy atom. The van der Waals surface area contributed by atoms with Crippen molar-refractivity contribution in [1.29, 1.82) is 0 Å². The van der Waals surface area contributed by atoms with Gasteiger partial charge in [0.15, 0.2) is 0 Å². The van der Waals surface area contributed by atoms with Crippen molar-refractivity contribution in [2.75, 3.05) is 0 Å². The Bertz CT molecular complexity index is 316. The van der Waals surface area contributed by atoms with Gasteiger partial charge in [0.1, 0.15) is 5.82 Å². The molecule has 0 radical (unpaired) electrons. The first kappa shape index (κ1) is 10.0. The van der Waals surface area contributed by atoms with Gasteiger partial charge in [-0.2, -0.15) is 0 Å². The lowest BCUT2D eigenvalue weighted by Gasteiger charge is -2.22. The summed E-state index contributed by atoms with van der Waals surface area (Å²) < 4.78 is 13.3. The highest BCUT2D eigenvalue weighted by molar-refractivity contribution is 7.80. The van der Waals surface area contributed by atoms with E-state index in [1.165, 1.54) is 32.1 Å². The van der Waals surface area contributed by atoms with Crippen molar-refractivity contribution in [1.82, 2.24) is 0 Å². The molecular weight excluding hydrogens is 195 g/mol. The minimum atomic E-state index is -0.184. The highest BCUT2D eigenvalue weighted by atomic mass is 32.1. The molecule has 1 aliphatic carbocycles. The van der Waals surface area contributed by atoms with E-state index in [4.69, 9.17) is 0 Å². The summed E-state index contributed by atoms with van der Waals surface area (Å²) in [4.78, 5) is 0.449. The molecule has 0 N–H and O–H groups in total. The molecule has 1 aromatic rings. The summed E-state index contributed by atoms with van der Waals surface area (Å²) in [5, 5.41) is 0. The molecule has 2 rings (SSSR count). The third-order valence-electron chi connectivity index (χ3n) is 3.05. The van der Waals surface area contributed by atoms with E-state index in [1.807, 2.05) is 6.07 Å². The predicted molar refractivity (Wildman–Crippen MR) is 59.5 cm³/mol. The predicted octanol–water partition coefficient (Wildman–Crippen LogP) is 4.16. The average Bonchev–Trinajstić information content (AvgIpc) is 2.23. The number of rotatable bonds is 1. The Morgan fingerprint density at radius 3 is 2.50 bits per heavy atom. The van der Waals surface area contributed by atoms with E-state index in [2.05, 4.69) is 12.6 Å². The van der Waals surface area contributed by atoms with Gasteiger partial charge in [-0.3, -0.25) is 0 Å². The Hall–Kier alpha value is -0.500. The molecule has 0 atom stereocenters. The van der Waals surface area contributed by atoms with E-state index in [1.54, 1.807) is 12.1 Å². The van der Waals surface area contributed by atoms with Crippen molar-refractivity contribution in [2.24, 2.45) is 0 Å². The molecule has 0 nitrogen and oxygen atoms in total. The first-order chi connectivity index (χ1) is 6.77. The Morgan fingerprint density at radius 1 is 1.14 bits per heavy atom. The fourth-order valence-corrected chi connectivity index (χ4v) is 2.35. The monoisotopic (exact) mass is 210 g/mol. The van der Waals surface area contributed by atoms with Crippen molar-refractivity contribution in [3.05, 3.63) is 29.6 Å². The molecule has 14 heavy (non-hydrogen) atoms. The lowest BCUT2D eigenvalue weighted by atomic mass is 9.84. The van der Waals surface area contributed by atoms with Crippen molar-refractivity contribution in [2.45, 2.75) is 42.9 Å². The molecule has 0 spiro atoms. The van der Waals surface area contributed by atoms with E-state index in [9.17, 15) is 4.39 Å². The van der Waals surface area contributed by atoms with Gasteiger partial charge in [-0.1, -0.05) is 25.3 Å². The van der Waals surface area contributed by atoms with Crippen LogP contribution in [0.4, 0.5) is 4.39 Å². The normalized spacial score (nSPS) is 18.4. The van der Waals surface area contributed by atoms with Gasteiger partial charge < -0.3 is 0 Å². The van der Waals surface area contributed by atoms with Gasteiger partial charge in [0.05, 0.1) is 0 Å². The zero-order chi connectivity index (χ0) is 9.97. The van der Waals surface area contributed by atoms with Crippen LogP contribution < -0.4 is 0 Å². The van der Waals surface area contributed by atoms with E-state index in [-0.39, 0.29) is 5.82 Å². The van der Waals surface area contributed by atoms with Crippen molar-refractivity contribution in [3.8, 4) is 0 Å². The fourth-order valence-electron chi connectivity index (χ4n) is 2.21. The zero-order valence-electron chi connectivity index (χ0n) is 8.17. The lowest BCUT2D eigenvalue weighted by Crippen LogP contribution is -2.04. The van der Waals surface area contributed by atoms with Crippen LogP contribution in [0.5, 0.6) is 0 Å². The number of halogens is 1. The number of thiol groups is 1. The van der Waals surface area contributed by atoms with Crippen LogP contribution in [0, 0.1) is 5.82 Å². The molecule has 1 aliphatic rings. The standard InChI is InChI=1S/C12H15FS/c13-11-8-10(6-7-12(11)14)9-4-2-1-3-5-9/h6-9,14H,1-5H2. The van der Waals surface area contributed by atoms with Crippen LogP contribution in [-0.2, 0) is 0 Å². The van der Waals surface area contributed by atoms with Gasteiger partial charge in [-0.25, -0.2) is 4.39 Å². The molecule has 0 aromatic heterocycles. The molecule has 0 amide bonds. The summed E-state index contributed by atoms with van der Waals surface area (Å²) in [6, 6.07) is 5.43. The number of benzene rings is 1. The SMILES string of the molecule is Fc1cc(C2CCCCC2)ccc1S. The molecule has 0 bridgehead atoms. The maximum Gasteiger partial charge on any atom is 0.136 e. The van der Waals surface area contributed by atoms with Gasteiger partial charge in [-0.05, 0) is 36.5 Å². The van der Waals surface area contributed by atoms with Gasteiger partial charge in [-0.15, -0.1) is 12.6 Å². The minimum Gasteiger partial charge on any atom is -0.206 e.